The summed E-state index contributed by atoms with van der Waals surface area (Å²) in [4.78, 5) is 11.5. The first-order chi connectivity index (χ1) is 6.93. The van der Waals surface area contributed by atoms with E-state index in [1.807, 2.05) is 39.8 Å². The van der Waals surface area contributed by atoms with Crippen molar-refractivity contribution in [2.24, 2.45) is 0 Å². The Balaban J connectivity index is 3.31. The summed E-state index contributed by atoms with van der Waals surface area (Å²) in [5, 5.41) is 0. The average Bonchev–Trinajstić information content (AvgIpc) is 2.10. The van der Waals surface area contributed by atoms with Crippen LogP contribution >= 0.6 is 0 Å². The lowest BCUT2D eigenvalue weighted by molar-refractivity contribution is 0.101. The van der Waals surface area contributed by atoms with Crippen molar-refractivity contribution in [3.63, 3.8) is 0 Å². The smallest absolute Gasteiger partial charge is 0.163 e. The summed E-state index contributed by atoms with van der Waals surface area (Å²) in [6.07, 6.45) is 0.0867. The van der Waals surface area contributed by atoms with Gasteiger partial charge < -0.3 is 4.74 Å². The van der Waals surface area contributed by atoms with Crippen LogP contribution in [0.25, 0.3) is 0 Å². The van der Waals surface area contributed by atoms with Gasteiger partial charge in [-0.15, -0.1) is 0 Å². The standard InChI is InChI=1S/C13H18O2/c1-8(2)15-13-10(4)7-6-9(3)12(13)11(5)14/h6-8H,1-5H3. The number of rotatable bonds is 3. The van der Waals surface area contributed by atoms with E-state index in [1.165, 1.54) is 0 Å². The molecule has 0 amide bonds. The summed E-state index contributed by atoms with van der Waals surface area (Å²) in [5.41, 5.74) is 2.70. The molecule has 0 aliphatic rings. The fourth-order valence-corrected chi connectivity index (χ4v) is 1.61. The highest BCUT2D eigenvalue weighted by Crippen LogP contribution is 2.28. The Kier molecular flexibility index (Phi) is 3.51. The van der Waals surface area contributed by atoms with Gasteiger partial charge in [-0.25, -0.2) is 0 Å². The minimum Gasteiger partial charge on any atom is -0.490 e. The van der Waals surface area contributed by atoms with E-state index >= 15 is 0 Å². The number of Topliss-reactive ketones (excluding diaryl/α,β-unsaturated/α-hetero) is 1. The van der Waals surface area contributed by atoms with Crippen molar-refractivity contribution in [3.05, 3.63) is 28.8 Å². The maximum Gasteiger partial charge on any atom is 0.163 e. The quantitative estimate of drug-likeness (QED) is 0.709. The molecule has 0 saturated heterocycles. The Bertz CT molecular complexity index is 378. The van der Waals surface area contributed by atoms with E-state index in [1.54, 1.807) is 6.92 Å². The van der Waals surface area contributed by atoms with Crippen molar-refractivity contribution in [3.8, 4) is 5.75 Å². The highest BCUT2D eigenvalue weighted by molar-refractivity contribution is 5.98. The van der Waals surface area contributed by atoms with Crippen LogP contribution in [0.5, 0.6) is 5.75 Å². The molecule has 15 heavy (non-hydrogen) atoms. The predicted molar refractivity (Wildman–Crippen MR) is 61.7 cm³/mol. The molecule has 0 unspecified atom stereocenters. The average molecular weight is 206 g/mol. The zero-order valence-corrected chi connectivity index (χ0v) is 10.0. The second kappa shape index (κ2) is 4.47. The van der Waals surface area contributed by atoms with Gasteiger partial charge in [-0.1, -0.05) is 12.1 Å². The molecule has 0 saturated carbocycles. The fourth-order valence-electron chi connectivity index (χ4n) is 1.61. The van der Waals surface area contributed by atoms with E-state index in [0.717, 1.165) is 16.9 Å². The van der Waals surface area contributed by atoms with Crippen molar-refractivity contribution in [2.45, 2.75) is 40.7 Å². The fraction of sp³-hybridized carbons (Fsp3) is 0.462. The van der Waals surface area contributed by atoms with Crippen molar-refractivity contribution in [1.82, 2.24) is 0 Å². The van der Waals surface area contributed by atoms with Gasteiger partial charge in [-0.05, 0) is 45.7 Å². The molecule has 0 fully saturated rings. The van der Waals surface area contributed by atoms with Crippen LogP contribution in [0.15, 0.2) is 12.1 Å². The van der Waals surface area contributed by atoms with Gasteiger partial charge in [0.25, 0.3) is 0 Å². The molecule has 0 atom stereocenters. The molecule has 0 heterocycles. The van der Waals surface area contributed by atoms with Gasteiger partial charge in [0.05, 0.1) is 11.7 Å². The molecule has 1 aromatic rings. The normalized spacial score (nSPS) is 10.5. The van der Waals surface area contributed by atoms with Crippen LogP contribution in [0.3, 0.4) is 0 Å². The second-order valence-electron chi connectivity index (χ2n) is 4.13. The molecule has 0 radical (unpaired) electrons. The van der Waals surface area contributed by atoms with Gasteiger partial charge >= 0.3 is 0 Å². The first-order valence-corrected chi connectivity index (χ1v) is 5.21. The predicted octanol–water partition coefficient (Wildman–Crippen LogP) is 3.29. The number of hydrogen-bond acceptors (Lipinski definition) is 2. The Hall–Kier alpha value is -1.31. The van der Waals surface area contributed by atoms with E-state index in [0.29, 0.717) is 5.56 Å². The van der Waals surface area contributed by atoms with Crippen LogP contribution < -0.4 is 4.74 Å². The monoisotopic (exact) mass is 206 g/mol. The van der Waals surface area contributed by atoms with E-state index < -0.39 is 0 Å². The lowest BCUT2D eigenvalue weighted by atomic mass is 10.0. The number of ketones is 1. The second-order valence-corrected chi connectivity index (χ2v) is 4.13. The van der Waals surface area contributed by atoms with Crippen molar-refractivity contribution < 1.29 is 9.53 Å². The Labute approximate surface area is 91.3 Å². The molecule has 1 aromatic carbocycles. The maximum absolute atomic E-state index is 11.5. The number of hydrogen-bond donors (Lipinski definition) is 0. The third-order valence-corrected chi connectivity index (χ3v) is 2.27. The Morgan fingerprint density at radius 1 is 1.20 bits per heavy atom. The van der Waals surface area contributed by atoms with Crippen molar-refractivity contribution in [1.29, 1.82) is 0 Å². The lowest BCUT2D eigenvalue weighted by Crippen LogP contribution is -2.11. The molecule has 0 N–H and O–H groups in total. The number of benzene rings is 1. The lowest BCUT2D eigenvalue weighted by Gasteiger charge is -2.17. The first-order valence-electron chi connectivity index (χ1n) is 5.21. The Morgan fingerprint density at radius 2 is 1.73 bits per heavy atom. The molecule has 2 heteroatoms. The van der Waals surface area contributed by atoms with Crippen molar-refractivity contribution >= 4 is 5.78 Å². The maximum atomic E-state index is 11.5. The largest absolute Gasteiger partial charge is 0.490 e. The SMILES string of the molecule is CC(=O)c1c(C)ccc(C)c1OC(C)C. The molecule has 1 rings (SSSR count). The summed E-state index contributed by atoms with van der Waals surface area (Å²) in [7, 11) is 0. The molecule has 2 nitrogen and oxygen atoms in total. The Morgan fingerprint density at radius 3 is 2.20 bits per heavy atom. The third-order valence-electron chi connectivity index (χ3n) is 2.27. The minimum absolute atomic E-state index is 0.0619. The van der Waals surface area contributed by atoms with Crippen LogP contribution in [0.4, 0.5) is 0 Å². The molecule has 0 aliphatic carbocycles. The summed E-state index contributed by atoms with van der Waals surface area (Å²) in [6, 6.07) is 3.94. The summed E-state index contributed by atoms with van der Waals surface area (Å²) in [5.74, 6) is 0.796. The zero-order valence-electron chi connectivity index (χ0n) is 10.0. The molecular formula is C13H18O2. The van der Waals surface area contributed by atoms with E-state index in [-0.39, 0.29) is 11.9 Å². The van der Waals surface area contributed by atoms with Crippen LogP contribution in [0, 0.1) is 13.8 Å². The van der Waals surface area contributed by atoms with E-state index in [9.17, 15) is 4.79 Å². The van der Waals surface area contributed by atoms with Crippen LogP contribution in [0.2, 0.25) is 0 Å². The summed E-state index contributed by atoms with van der Waals surface area (Å²) < 4.78 is 5.70. The molecular weight excluding hydrogens is 188 g/mol. The minimum atomic E-state index is 0.0619. The zero-order chi connectivity index (χ0) is 11.6. The summed E-state index contributed by atoms with van der Waals surface area (Å²) in [6.45, 7) is 9.40. The number of carbonyl (C=O) groups is 1. The van der Waals surface area contributed by atoms with Gasteiger partial charge in [0.1, 0.15) is 5.75 Å². The van der Waals surface area contributed by atoms with Gasteiger partial charge in [-0.3, -0.25) is 4.79 Å². The molecule has 0 bridgehead atoms. The highest BCUT2D eigenvalue weighted by atomic mass is 16.5. The highest BCUT2D eigenvalue weighted by Gasteiger charge is 2.15. The molecule has 0 spiro atoms. The van der Waals surface area contributed by atoms with E-state index in [2.05, 4.69) is 0 Å². The number of ether oxygens (including phenoxy) is 1. The van der Waals surface area contributed by atoms with Gasteiger partial charge in [0.15, 0.2) is 5.78 Å². The summed E-state index contributed by atoms with van der Waals surface area (Å²) >= 11 is 0. The third kappa shape index (κ3) is 2.58. The van der Waals surface area contributed by atoms with Crippen molar-refractivity contribution in [2.75, 3.05) is 0 Å². The van der Waals surface area contributed by atoms with Crippen LogP contribution in [-0.4, -0.2) is 11.9 Å². The van der Waals surface area contributed by atoms with E-state index in [4.69, 9.17) is 4.74 Å². The van der Waals surface area contributed by atoms with Crippen LogP contribution in [-0.2, 0) is 0 Å². The number of aryl methyl sites for hydroxylation is 2. The molecule has 0 aliphatic heterocycles. The number of carbonyl (C=O) groups excluding carboxylic acids is 1. The van der Waals surface area contributed by atoms with Gasteiger partial charge in [-0.2, -0.15) is 0 Å². The topological polar surface area (TPSA) is 26.3 Å². The molecule has 0 aromatic heterocycles. The molecule has 82 valence electrons. The van der Waals surface area contributed by atoms with Crippen LogP contribution in [0.1, 0.15) is 42.3 Å². The van der Waals surface area contributed by atoms with Gasteiger partial charge in [0, 0.05) is 0 Å². The van der Waals surface area contributed by atoms with Gasteiger partial charge in [0.2, 0.25) is 0 Å². The first kappa shape index (κ1) is 11.8.